The summed E-state index contributed by atoms with van der Waals surface area (Å²) in [5.74, 6) is -3.27. The summed E-state index contributed by atoms with van der Waals surface area (Å²) in [5, 5.41) is 7.37. The van der Waals surface area contributed by atoms with Crippen molar-refractivity contribution < 1.29 is 28.7 Å². The highest BCUT2D eigenvalue weighted by Gasteiger charge is 2.63. The van der Waals surface area contributed by atoms with Crippen LogP contribution in [0.25, 0.3) is 11.1 Å². The smallest absolute Gasteiger partial charge is 0.332 e. The molecule has 8 heteroatoms. The van der Waals surface area contributed by atoms with E-state index in [1.54, 1.807) is 6.08 Å². The molecule has 3 aromatic carbocycles. The predicted molar refractivity (Wildman–Crippen MR) is 168 cm³/mol. The van der Waals surface area contributed by atoms with Gasteiger partial charge in [0.25, 0.3) is 0 Å². The van der Waals surface area contributed by atoms with Crippen LogP contribution in [0.15, 0.2) is 90.6 Å². The zero-order chi connectivity index (χ0) is 31.3. The minimum absolute atomic E-state index is 0.106. The molecule has 0 saturated heterocycles. The van der Waals surface area contributed by atoms with Crippen LogP contribution in [0.3, 0.4) is 0 Å². The highest BCUT2D eigenvalue weighted by Crippen LogP contribution is 2.51. The topological polar surface area (TPSA) is 103 Å². The lowest BCUT2D eigenvalue weighted by atomic mass is 9.91. The summed E-state index contributed by atoms with van der Waals surface area (Å²) in [5.41, 5.74) is 5.34. The Labute approximate surface area is 262 Å². The van der Waals surface area contributed by atoms with E-state index < -0.39 is 40.8 Å². The fourth-order valence-electron chi connectivity index (χ4n) is 7.62. The predicted octanol–water partition coefficient (Wildman–Crippen LogP) is 5.47. The first-order valence-electron chi connectivity index (χ1n) is 15.5. The van der Waals surface area contributed by atoms with Gasteiger partial charge in [-0.1, -0.05) is 89.6 Å². The average Bonchev–Trinajstić information content (AvgIpc) is 3.32. The molecule has 1 spiro atoms. The van der Waals surface area contributed by atoms with Crippen molar-refractivity contribution in [3.8, 4) is 11.1 Å². The number of hydrogen-bond acceptors (Lipinski definition) is 7. The summed E-state index contributed by atoms with van der Waals surface area (Å²) in [7, 11) is 1.30. The highest BCUT2D eigenvalue weighted by atomic mass is 16.7. The SMILES string of the molecule is C=C[C@@H]1C[C@]1(NC(=O)[C@@H]1C[C@]2(CC(c3cccc(C)c3)=NO2)CC1C(=O)OCC1c2ccccc2-c2ccccc21)C(=O)OC. The molecule has 1 aliphatic heterocycles. The Hall–Kier alpha value is -4.72. The van der Waals surface area contributed by atoms with Gasteiger partial charge in [-0.3, -0.25) is 9.59 Å². The van der Waals surface area contributed by atoms with E-state index in [2.05, 4.69) is 41.3 Å². The van der Waals surface area contributed by atoms with Gasteiger partial charge in [-0.2, -0.15) is 0 Å². The molecule has 0 radical (unpaired) electrons. The molecule has 45 heavy (non-hydrogen) atoms. The van der Waals surface area contributed by atoms with Crippen LogP contribution in [0, 0.1) is 24.7 Å². The Bertz CT molecular complexity index is 1700. The Morgan fingerprint density at radius 3 is 2.31 bits per heavy atom. The average molecular weight is 605 g/mol. The number of esters is 2. The van der Waals surface area contributed by atoms with Crippen LogP contribution in [0.5, 0.6) is 0 Å². The molecule has 230 valence electrons. The van der Waals surface area contributed by atoms with Gasteiger partial charge in [0.1, 0.15) is 17.7 Å². The molecular formula is C37H36N2O6. The molecule has 2 saturated carbocycles. The molecule has 2 fully saturated rings. The van der Waals surface area contributed by atoms with E-state index >= 15 is 0 Å². The quantitative estimate of drug-likeness (QED) is 0.270. The van der Waals surface area contributed by atoms with E-state index in [9.17, 15) is 14.4 Å². The number of carbonyl (C=O) groups is 3. The van der Waals surface area contributed by atoms with Crippen molar-refractivity contribution in [3.05, 3.63) is 108 Å². The van der Waals surface area contributed by atoms with E-state index in [0.29, 0.717) is 12.8 Å². The number of methoxy groups -OCH3 is 1. The number of aryl methyl sites for hydroxylation is 1. The Morgan fingerprint density at radius 2 is 1.67 bits per heavy atom. The minimum atomic E-state index is -1.17. The van der Waals surface area contributed by atoms with Gasteiger partial charge in [-0.25, -0.2) is 4.79 Å². The van der Waals surface area contributed by atoms with Gasteiger partial charge in [0.15, 0.2) is 0 Å². The van der Waals surface area contributed by atoms with E-state index in [-0.39, 0.29) is 31.3 Å². The molecular weight excluding hydrogens is 568 g/mol. The first-order chi connectivity index (χ1) is 21.8. The van der Waals surface area contributed by atoms with Crippen LogP contribution in [-0.4, -0.2) is 48.4 Å². The molecule has 3 aromatic rings. The maximum absolute atomic E-state index is 14.0. The normalized spacial score (nSPS) is 27.6. The Morgan fingerprint density at radius 1 is 0.978 bits per heavy atom. The second-order valence-electron chi connectivity index (χ2n) is 12.8. The molecule has 1 unspecified atom stereocenters. The number of carbonyl (C=O) groups excluding carboxylic acids is 3. The fraction of sp³-hybridized carbons (Fsp3) is 0.351. The minimum Gasteiger partial charge on any atom is -0.467 e. The van der Waals surface area contributed by atoms with Crippen molar-refractivity contribution in [3.63, 3.8) is 0 Å². The number of nitrogens with one attached hydrogen (secondary N) is 1. The van der Waals surface area contributed by atoms with Gasteiger partial charge in [0, 0.05) is 31.1 Å². The molecule has 5 atom stereocenters. The molecule has 3 aliphatic carbocycles. The first kappa shape index (κ1) is 29.0. The number of nitrogens with zero attached hydrogens (tertiary/aromatic N) is 1. The molecule has 8 nitrogen and oxygen atoms in total. The fourth-order valence-corrected chi connectivity index (χ4v) is 7.62. The number of amides is 1. The summed E-state index contributed by atoms with van der Waals surface area (Å²) in [6.45, 7) is 5.98. The molecule has 0 aromatic heterocycles. The lowest BCUT2D eigenvalue weighted by molar-refractivity contribution is -0.153. The van der Waals surface area contributed by atoms with E-state index in [0.717, 1.165) is 39.1 Å². The first-order valence-corrected chi connectivity index (χ1v) is 15.5. The molecule has 1 amide bonds. The molecule has 7 rings (SSSR count). The number of hydrogen-bond donors (Lipinski definition) is 1. The Balaban J connectivity index is 1.13. The summed E-state index contributed by atoms with van der Waals surface area (Å²) in [6.07, 6.45) is 3.06. The van der Waals surface area contributed by atoms with Crippen molar-refractivity contribution in [2.75, 3.05) is 13.7 Å². The van der Waals surface area contributed by atoms with Gasteiger partial charge >= 0.3 is 11.9 Å². The largest absolute Gasteiger partial charge is 0.467 e. The van der Waals surface area contributed by atoms with E-state index in [4.69, 9.17) is 14.3 Å². The zero-order valence-corrected chi connectivity index (χ0v) is 25.5. The van der Waals surface area contributed by atoms with Crippen LogP contribution in [0.2, 0.25) is 0 Å². The molecule has 0 bridgehead atoms. The van der Waals surface area contributed by atoms with E-state index in [1.165, 1.54) is 7.11 Å². The van der Waals surface area contributed by atoms with Crippen LogP contribution in [-0.2, 0) is 28.7 Å². The van der Waals surface area contributed by atoms with Crippen molar-refractivity contribution in [1.29, 1.82) is 0 Å². The van der Waals surface area contributed by atoms with E-state index in [1.807, 2.05) is 55.5 Å². The number of ether oxygens (including phenoxy) is 2. The van der Waals surface area contributed by atoms with Crippen LogP contribution < -0.4 is 5.32 Å². The van der Waals surface area contributed by atoms with Crippen LogP contribution in [0.4, 0.5) is 0 Å². The summed E-state index contributed by atoms with van der Waals surface area (Å²) < 4.78 is 11.1. The standard InChI is InChI=1S/C37H36N2O6/c1-4-24-17-37(24,35(42)43-3)38-33(40)29-18-36(20-32(39-45-36)23-11-9-10-22(2)16-23)19-30(29)34(41)44-21-31-27-14-7-5-12-25(27)26-13-6-8-15-28(26)31/h4-16,24,29-31H,1,17-21H2,2-3H3,(H,38,40)/t24-,29-,30?,36-,37-/m1/s1. The third-order valence-corrected chi connectivity index (χ3v) is 10.0. The third kappa shape index (κ3) is 4.93. The van der Waals surface area contributed by atoms with Crippen LogP contribution in [0.1, 0.15) is 53.9 Å². The van der Waals surface area contributed by atoms with Gasteiger partial charge in [-0.15, -0.1) is 6.58 Å². The van der Waals surface area contributed by atoms with Gasteiger partial charge in [-0.05, 0) is 41.2 Å². The number of rotatable bonds is 8. The number of benzene rings is 3. The summed E-state index contributed by atoms with van der Waals surface area (Å²) >= 11 is 0. The molecule has 4 aliphatic rings. The number of oxime groups is 1. The van der Waals surface area contributed by atoms with Crippen molar-refractivity contribution >= 4 is 23.6 Å². The zero-order valence-electron chi connectivity index (χ0n) is 25.5. The van der Waals surface area contributed by atoms with Crippen molar-refractivity contribution in [2.24, 2.45) is 22.9 Å². The van der Waals surface area contributed by atoms with Gasteiger partial charge in [0.05, 0.1) is 24.7 Å². The maximum atomic E-state index is 14.0. The Kier molecular flexibility index (Phi) is 7.10. The monoisotopic (exact) mass is 604 g/mol. The van der Waals surface area contributed by atoms with Crippen molar-refractivity contribution in [1.82, 2.24) is 5.32 Å². The lowest BCUT2D eigenvalue weighted by Crippen LogP contribution is -2.49. The number of fused-ring (bicyclic) bond motifs is 3. The van der Waals surface area contributed by atoms with Gasteiger partial charge < -0.3 is 19.6 Å². The lowest BCUT2D eigenvalue weighted by Gasteiger charge is -2.23. The highest BCUT2D eigenvalue weighted by molar-refractivity contribution is 6.02. The van der Waals surface area contributed by atoms with Gasteiger partial charge in [0.2, 0.25) is 5.91 Å². The second-order valence-corrected chi connectivity index (χ2v) is 12.8. The summed E-state index contributed by atoms with van der Waals surface area (Å²) in [4.78, 5) is 46.8. The third-order valence-electron chi connectivity index (χ3n) is 10.0. The maximum Gasteiger partial charge on any atom is 0.332 e. The molecule has 1 heterocycles. The van der Waals surface area contributed by atoms with Crippen molar-refractivity contribution in [2.45, 2.75) is 49.7 Å². The molecule has 1 N–H and O–H groups in total. The van der Waals surface area contributed by atoms with Crippen LogP contribution >= 0.6 is 0 Å². The second kappa shape index (κ2) is 11.0. The summed E-state index contributed by atoms with van der Waals surface area (Å²) in [6, 6.07) is 24.4.